The van der Waals surface area contributed by atoms with Crippen molar-refractivity contribution in [1.82, 2.24) is 24.6 Å². The van der Waals surface area contributed by atoms with Crippen LogP contribution in [0, 0.1) is 0 Å². The van der Waals surface area contributed by atoms with Crippen molar-refractivity contribution in [3.63, 3.8) is 0 Å². The van der Waals surface area contributed by atoms with E-state index in [9.17, 15) is 0 Å². The molecule has 3 aliphatic rings. The first kappa shape index (κ1) is 15.0. The Labute approximate surface area is 141 Å². The predicted molar refractivity (Wildman–Crippen MR) is 92.1 cm³/mol. The summed E-state index contributed by atoms with van der Waals surface area (Å²) in [6.45, 7) is 6.91. The van der Waals surface area contributed by atoms with E-state index < -0.39 is 0 Å². The van der Waals surface area contributed by atoms with Gasteiger partial charge in [-0.15, -0.1) is 0 Å². The molecule has 0 saturated heterocycles. The number of rotatable bonds is 4. The highest BCUT2D eigenvalue weighted by Gasteiger charge is 2.36. The molecule has 0 radical (unpaired) electrons. The van der Waals surface area contributed by atoms with Crippen LogP contribution in [0.1, 0.15) is 20.3 Å². The number of nitrogens with zero attached hydrogens (tertiary/aromatic N) is 6. The first-order chi connectivity index (χ1) is 11.7. The lowest BCUT2D eigenvalue weighted by molar-refractivity contribution is -0.0971. The minimum Gasteiger partial charge on any atom is -0.352 e. The van der Waals surface area contributed by atoms with Gasteiger partial charge in [0.15, 0.2) is 0 Å². The van der Waals surface area contributed by atoms with Crippen molar-refractivity contribution >= 4 is 11.9 Å². The van der Waals surface area contributed by atoms with E-state index in [0.717, 1.165) is 42.4 Å². The molecule has 0 aliphatic carbocycles. The zero-order valence-electron chi connectivity index (χ0n) is 14.3. The van der Waals surface area contributed by atoms with Crippen LogP contribution < -0.4 is 0 Å². The van der Waals surface area contributed by atoms with E-state index in [1.165, 1.54) is 5.57 Å². The number of hydrogen-bond acceptors (Lipinski definition) is 6. The Morgan fingerprint density at radius 2 is 2.21 bits per heavy atom. The maximum Gasteiger partial charge on any atom is 0.139 e. The summed E-state index contributed by atoms with van der Waals surface area (Å²) in [5.41, 5.74) is 4.38. The second kappa shape index (κ2) is 5.83. The monoisotopic (exact) mass is 326 g/mol. The number of fused-ring (bicyclic) bond motifs is 2. The number of hydroxylamine groups is 2. The Hall–Kier alpha value is -2.54. The Morgan fingerprint density at radius 3 is 2.92 bits per heavy atom. The van der Waals surface area contributed by atoms with E-state index in [4.69, 9.17) is 9.83 Å². The van der Waals surface area contributed by atoms with Crippen molar-refractivity contribution in [1.29, 1.82) is 0 Å². The van der Waals surface area contributed by atoms with Crippen LogP contribution in [0.25, 0.3) is 5.70 Å². The van der Waals surface area contributed by atoms with Crippen LogP contribution in [0.15, 0.2) is 52.4 Å². The highest BCUT2D eigenvalue weighted by molar-refractivity contribution is 5.85. The molecule has 0 atom stereocenters. The molecule has 126 valence electrons. The van der Waals surface area contributed by atoms with Gasteiger partial charge in [-0.05, 0) is 25.0 Å². The molecule has 7 heteroatoms. The van der Waals surface area contributed by atoms with Gasteiger partial charge in [-0.25, -0.2) is 14.7 Å². The van der Waals surface area contributed by atoms with E-state index in [1.54, 1.807) is 13.3 Å². The van der Waals surface area contributed by atoms with Crippen LogP contribution in [-0.4, -0.2) is 57.7 Å². The molecular weight excluding hydrogens is 304 g/mol. The maximum atomic E-state index is 5.38. The fourth-order valence-corrected chi connectivity index (χ4v) is 3.48. The molecule has 7 nitrogen and oxygen atoms in total. The van der Waals surface area contributed by atoms with Gasteiger partial charge in [-0.1, -0.05) is 6.92 Å². The molecule has 0 amide bonds. The topological polar surface area (TPSA) is 49.1 Å². The highest BCUT2D eigenvalue weighted by Crippen LogP contribution is 2.38. The van der Waals surface area contributed by atoms with Crippen LogP contribution in [0.2, 0.25) is 0 Å². The van der Waals surface area contributed by atoms with E-state index in [-0.39, 0.29) is 0 Å². The normalized spacial score (nSPS) is 20.0. The van der Waals surface area contributed by atoms with Crippen LogP contribution in [0.4, 0.5) is 0 Å². The molecule has 4 heterocycles. The van der Waals surface area contributed by atoms with Gasteiger partial charge in [0.25, 0.3) is 0 Å². The van der Waals surface area contributed by atoms with E-state index >= 15 is 0 Å². The zero-order chi connectivity index (χ0) is 16.7. The molecule has 4 rings (SSSR count). The number of hydrogen-bond donors (Lipinski definition) is 0. The van der Waals surface area contributed by atoms with E-state index in [0.29, 0.717) is 6.67 Å². The maximum absolute atomic E-state index is 5.38. The van der Waals surface area contributed by atoms with Crippen molar-refractivity contribution in [2.75, 3.05) is 26.9 Å². The van der Waals surface area contributed by atoms with E-state index in [2.05, 4.69) is 28.7 Å². The molecule has 0 spiro atoms. The van der Waals surface area contributed by atoms with Crippen molar-refractivity contribution in [3.05, 3.63) is 47.4 Å². The first-order valence-corrected chi connectivity index (χ1v) is 8.26. The van der Waals surface area contributed by atoms with Gasteiger partial charge < -0.3 is 9.80 Å². The summed E-state index contributed by atoms with van der Waals surface area (Å²) in [6.07, 6.45) is 8.76. The Balaban J connectivity index is 1.83. The Morgan fingerprint density at radius 1 is 1.33 bits per heavy atom. The molecule has 0 fully saturated rings. The Kier molecular flexibility index (Phi) is 3.65. The second-order valence-corrected chi connectivity index (χ2v) is 6.15. The molecular formula is C17H22N6O. The second-order valence-electron chi connectivity index (χ2n) is 6.15. The smallest absolute Gasteiger partial charge is 0.139 e. The summed E-state index contributed by atoms with van der Waals surface area (Å²) in [7, 11) is 1.69. The van der Waals surface area contributed by atoms with Crippen molar-refractivity contribution in [3.8, 4) is 0 Å². The first-order valence-electron chi connectivity index (χ1n) is 8.26. The quantitative estimate of drug-likeness (QED) is 0.848. The number of aliphatic imine (C=N–C) groups is 1. The lowest BCUT2D eigenvalue weighted by Crippen LogP contribution is -2.42. The average molecular weight is 326 g/mol. The molecule has 0 unspecified atom stereocenters. The summed E-state index contributed by atoms with van der Waals surface area (Å²) in [5.74, 6) is 1.14. The summed E-state index contributed by atoms with van der Waals surface area (Å²) in [5, 5.41) is 6.25. The number of aromatic nitrogens is 2. The average Bonchev–Trinajstić information content (AvgIpc) is 3.23. The van der Waals surface area contributed by atoms with Crippen LogP contribution in [-0.2, 0) is 4.84 Å². The largest absolute Gasteiger partial charge is 0.352 e. The molecule has 0 saturated carbocycles. The van der Waals surface area contributed by atoms with Gasteiger partial charge in [-0.2, -0.15) is 5.10 Å². The third-order valence-electron chi connectivity index (χ3n) is 4.48. The summed E-state index contributed by atoms with van der Waals surface area (Å²) in [6, 6.07) is 1.94. The fourth-order valence-electron chi connectivity index (χ4n) is 3.48. The van der Waals surface area contributed by atoms with Crippen LogP contribution >= 0.6 is 0 Å². The lowest BCUT2D eigenvalue weighted by Gasteiger charge is -2.40. The van der Waals surface area contributed by atoms with Crippen molar-refractivity contribution in [2.24, 2.45) is 4.99 Å². The third-order valence-corrected chi connectivity index (χ3v) is 4.48. The van der Waals surface area contributed by atoms with Gasteiger partial charge in [0, 0.05) is 25.5 Å². The zero-order valence-corrected chi connectivity index (χ0v) is 14.3. The summed E-state index contributed by atoms with van der Waals surface area (Å²) in [4.78, 5) is 14.8. The molecule has 0 bridgehead atoms. The van der Waals surface area contributed by atoms with Gasteiger partial charge in [0.1, 0.15) is 18.2 Å². The predicted octanol–water partition coefficient (Wildman–Crippen LogP) is 2.07. The standard InChI is InChI=1S/C17H22N6O/c1-4-7-20-10-13(2)16(23-8-5-6-19-23)15-17(20)22-12-21(24-3)11-14(22)9-18-15/h5-6,8-9,11H,4,7,10,12H2,1-3H3. The summed E-state index contributed by atoms with van der Waals surface area (Å²) >= 11 is 0. The van der Waals surface area contributed by atoms with Crippen LogP contribution in [0.3, 0.4) is 0 Å². The molecule has 1 aromatic heterocycles. The molecule has 0 aromatic carbocycles. The lowest BCUT2D eigenvalue weighted by atomic mass is 10.1. The Bertz CT molecular complexity index is 758. The molecule has 1 aromatic rings. The molecule has 24 heavy (non-hydrogen) atoms. The molecule has 3 aliphatic heterocycles. The summed E-state index contributed by atoms with van der Waals surface area (Å²) < 4.78 is 1.92. The fraction of sp³-hybridized carbons (Fsp3) is 0.412. The number of allylic oxidation sites excluding steroid dienone is 2. The van der Waals surface area contributed by atoms with Crippen molar-refractivity contribution in [2.45, 2.75) is 20.3 Å². The van der Waals surface area contributed by atoms with Gasteiger partial charge in [0.05, 0.1) is 30.9 Å². The van der Waals surface area contributed by atoms with E-state index in [1.807, 2.05) is 34.4 Å². The highest BCUT2D eigenvalue weighted by atomic mass is 16.7. The van der Waals surface area contributed by atoms with Gasteiger partial charge >= 0.3 is 0 Å². The third kappa shape index (κ3) is 2.24. The van der Waals surface area contributed by atoms with Gasteiger partial charge in [-0.3, -0.25) is 4.84 Å². The molecule has 0 N–H and O–H groups in total. The SMILES string of the molecule is CCCN1CC(C)=C(n2cccn2)C2=C1N1CN(OC)C=C1C=N2. The minimum atomic E-state index is 0.669. The van der Waals surface area contributed by atoms with Gasteiger partial charge in [0.2, 0.25) is 0 Å². The minimum absolute atomic E-state index is 0.669. The van der Waals surface area contributed by atoms with Crippen LogP contribution in [0.5, 0.6) is 0 Å². The van der Waals surface area contributed by atoms with Crippen molar-refractivity contribution < 1.29 is 4.84 Å².